The highest BCUT2D eigenvalue weighted by Crippen LogP contribution is 2.40. The highest BCUT2D eigenvalue weighted by molar-refractivity contribution is 6.30. The van der Waals surface area contributed by atoms with E-state index >= 15 is 0 Å². The third-order valence-corrected chi connectivity index (χ3v) is 5.27. The molecule has 0 bridgehead atoms. The van der Waals surface area contributed by atoms with Crippen LogP contribution in [0.1, 0.15) is 63.4 Å². The summed E-state index contributed by atoms with van der Waals surface area (Å²) in [5, 5.41) is 3.64. The molecule has 1 aromatic heterocycles. The number of carbonyl (C=O) groups excluding carboxylic acids is 1. The molecular formula is C17H25ClN2O. The normalized spacial score (nSPS) is 22.9. The van der Waals surface area contributed by atoms with Crippen molar-refractivity contribution in [1.82, 2.24) is 10.3 Å². The average Bonchev–Trinajstić information content (AvgIpc) is 2.48. The first-order chi connectivity index (χ1) is 9.92. The topological polar surface area (TPSA) is 42.0 Å². The van der Waals surface area contributed by atoms with Crippen LogP contribution in [0.3, 0.4) is 0 Å². The zero-order valence-corrected chi connectivity index (χ0v) is 13.9. The zero-order chi connectivity index (χ0) is 15.5. The van der Waals surface area contributed by atoms with Crippen LogP contribution in [-0.4, -0.2) is 16.9 Å². The molecule has 1 heterocycles. The Bertz CT molecular complexity index is 493. The monoisotopic (exact) mass is 308 g/mol. The van der Waals surface area contributed by atoms with Gasteiger partial charge in [0.2, 0.25) is 0 Å². The molecule has 1 fully saturated rings. The molecule has 0 aromatic carbocycles. The van der Waals surface area contributed by atoms with Gasteiger partial charge in [-0.3, -0.25) is 9.78 Å². The average molecular weight is 309 g/mol. The van der Waals surface area contributed by atoms with E-state index in [1.54, 1.807) is 18.3 Å². The SMILES string of the molecule is CCC(C)(C)C1CCC(NC(=O)c2cc(Cl)ccn2)CC1. The molecule has 1 amide bonds. The molecule has 0 aliphatic heterocycles. The van der Waals surface area contributed by atoms with Gasteiger partial charge in [0, 0.05) is 17.3 Å². The van der Waals surface area contributed by atoms with Gasteiger partial charge in [0.15, 0.2) is 0 Å². The predicted molar refractivity (Wildman–Crippen MR) is 86.5 cm³/mol. The van der Waals surface area contributed by atoms with Crippen LogP contribution in [0.25, 0.3) is 0 Å². The highest BCUT2D eigenvalue weighted by atomic mass is 35.5. The lowest BCUT2D eigenvalue weighted by atomic mass is 9.69. The van der Waals surface area contributed by atoms with E-state index in [4.69, 9.17) is 11.6 Å². The van der Waals surface area contributed by atoms with Crippen LogP contribution in [0.2, 0.25) is 5.02 Å². The van der Waals surface area contributed by atoms with Crippen molar-refractivity contribution in [2.24, 2.45) is 11.3 Å². The van der Waals surface area contributed by atoms with Crippen LogP contribution in [0.15, 0.2) is 18.3 Å². The fourth-order valence-electron chi connectivity index (χ4n) is 3.10. The predicted octanol–water partition coefficient (Wildman–Crippen LogP) is 4.46. The lowest BCUT2D eigenvalue weighted by Gasteiger charge is -2.39. The van der Waals surface area contributed by atoms with Crippen molar-refractivity contribution in [3.8, 4) is 0 Å². The standard InChI is InChI=1S/C17H25ClN2O/c1-4-17(2,3)12-5-7-14(8-6-12)20-16(21)15-11-13(18)9-10-19-15/h9-12,14H,4-8H2,1-3H3,(H,20,21). The van der Waals surface area contributed by atoms with Crippen molar-refractivity contribution in [2.45, 2.75) is 58.9 Å². The van der Waals surface area contributed by atoms with Crippen LogP contribution < -0.4 is 5.32 Å². The molecular weight excluding hydrogens is 284 g/mol. The molecule has 3 nitrogen and oxygen atoms in total. The lowest BCUT2D eigenvalue weighted by Crippen LogP contribution is -2.40. The Morgan fingerprint density at radius 2 is 2.05 bits per heavy atom. The van der Waals surface area contributed by atoms with Gasteiger partial charge in [-0.15, -0.1) is 0 Å². The maximum absolute atomic E-state index is 12.2. The van der Waals surface area contributed by atoms with Crippen molar-refractivity contribution >= 4 is 17.5 Å². The van der Waals surface area contributed by atoms with Gasteiger partial charge in [0.05, 0.1) is 0 Å². The first-order valence-electron chi connectivity index (χ1n) is 7.85. The summed E-state index contributed by atoms with van der Waals surface area (Å²) in [5.41, 5.74) is 0.808. The Kier molecular flexibility index (Phi) is 5.26. The summed E-state index contributed by atoms with van der Waals surface area (Å²) in [7, 11) is 0. The van der Waals surface area contributed by atoms with Gasteiger partial charge in [0.1, 0.15) is 5.69 Å². The number of pyridine rings is 1. The van der Waals surface area contributed by atoms with Crippen LogP contribution >= 0.6 is 11.6 Å². The molecule has 0 radical (unpaired) electrons. The quantitative estimate of drug-likeness (QED) is 0.892. The number of halogens is 1. The minimum atomic E-state index is -0.115. The van der Waals surface area contributed by atoms with Gasteiger partial charge < -0.3 is 5.32 Å². The number of aromatic nitrogens is 1. The fraction of sp³-hybridized carbons (Fsp3) is 0.647. The van der Waals surface area contributed by atoms with Crippen molar-refractivity contribution in [3.63, 3.8) is 0 Å². The zero-order valence-electron chi connectivity index (χ0n) is 13.2. The third-order valence-electron chi connectivity index (χ3n) is 5.03. The molecule has 0 atom stereocenters. The second-order valence-electron chi connectivity index (χ2n) is 6.72. The van der Waals surface area contributed by atoms with Gasteiger partial charge in [-0.05, 0) is 49.1 Å². The Hall–Kier alpha value is -1.09. The van der Waals surface area contributed by atoms with E-state index in [0.29, 0.717) is 16.1 Å². The van der Waals surface area contributed by atoms with E-state index in [1.165, 1.54) is 19.3 Å². The van der Waals surface area contributed by atoms with Crippen molar-refractivity contribution < 1.29 is 4.79 Å². The molecule has 1 aliphatic carbocycles. The summed E-state index contributed by atoms with van der Waals surface area (Å²) in [5.74, 6) is 0.649. The second-order valence-corrected chi connectivity index (χ2v) is 7.16. The molecule has 2 rings (SSSR count). The minimum absolute atomic E-state index is 0.115. The van der Waals surface area contributed by atoms with Crippen molar-refractivity contribution in [1.29, 1.82) is 0 Å². The Morgan fingerprint density at radius 1 is 1.38 bits per heavy atom. The van der Waals surface area contributed by atoms with E-state index in [9.17, 15) is 4.79 Å². The molecule has 0 unspecified atom stereocenters. The van der Waals surface area contributed by atoms with Crippen LogP contribution in [0.4, 0.5) is 0 Å². The molecule has 4 heteroatoms. The molecule has 0 saturated heterocycles. The summed E-state index contributed by atoms with van der Waals surface area (Å²) >= 11 is 5.90. The Morgan fingerprint density at radius 3 is 2.62 bits per heavy atom. The molecule has 1 saturated carbocycles. The molecule has 0 spiro atoms. The van der Waals surface area contributed by atoms with Gasteiger partial charge in [-0.2, -0.15) is 0 Å². The summed E-state index contributed by atoms with van der Waals surface area (Å²) in [6.45, 7) is 6.97. The van der Waals surface area contributed by atoms with Gasteiger partial charge in [-0.1, -0.05) is 38.8 Å². The number of carbonyl (C=O) groups is 1. The van der Waals surface area contributed by atoms with Gasteiger partial charge in [-0.25, -0.2) is 0 Å². The number of amides is 1. The summed E-state index contributed by atoms with van der Waals surface area (Å²) in [6.07, 6.45) is 7.27. The molecule has 1 N–H and O–H groups in total. The van der Waals surface area contributed by atoms with E-state index in [2.05, 4.69) is 31.1 Å². The smallest absolute Gasteiger partial charge is 0.270 e. The van der Waals surface area contributed by atoms with Gasteiger partial charge >= 0.3 is 0 Å². The summed E-state index contributed by atoms with van der Waals surface area (Å²) < 4.78 is 0. The first-order valence-corrected chi connectivity index (χ1v) is 8.22. The van der Waals surface area contributed by atoms with E-state index < -0.39 is 0 Å². The maximum atomic E-state index is 12.2. The summed E-state index contributed by atoms with van der Waals surface area (Å²) in [4.78, 5) is 16.2. The van der Waals surface area contributed by atoms with Crippen LogP contribution in [0, 0.1) is 11.3 Å². The maximum Gasteiger partial charge on any atom is 0.270 e. The largest absolute Gasteiger partial charge is 0.348 e. The number of rotatable bonds is 4. The van der Waals surface area contributed by atoms with Gasteiger partial charge in [0.25, 0.3) is 5.91 Å². The van der Waals surface area contributed by atoms with Crippen molar-refractivity contribution in [2.75, 3.05) is 0 Å². The van der Waals surface area contributed by atoms with Crippen LogP contribution in [-0.2, 0) is 0 Å². The number of hydrogen-bond donors (Lipinski definition) is 1. The third kappa shape index (κ3) is 4.19. The molecule has 1 aliphatic rings. The summed E-state index contributed by atoms with van der Waals surface area (Å²) in [6, 6.07) is 3.56. The second kappa shape index (κ2) is 6.78. The van der Waals surface area contributed by atoms with E-state index in [-0.39, 0.29) is 11.9 Å². The van der Waals surface area contributed by atoms with Crippen molar-refractivity contribution in [3.05, 3.63) is 29.0 Å². The Labute approximate surface area is 132 Å². The number of nitrogens with one attached hydrogen (secondary N) is 1. The molecule has 116 valence electrons. The molecule has 1 aromatic rings. The van der Waals surface area contributed by atoms with E-state index in [0.717, 1.165) is 18.8 Å². The highest BCUT2D eigenvalue weighted by Gasteiger charge is 2.32. The Balaban J connectivity index is 1.88. The van der Waals surface area contributed by atoms with Crippen LogP contribution in [0.5, 0.6) is 0 Å². The fourth-order valence-corrected chi connectivity index (χ4v) is 3.26. The number of nitrogens with zero attached hydrogens (tertiary/aromatic N) is 1. The minimum Gasteiger partial charge on any atom is -0.348 e. The first kappa shape index (κ1) is 16.3. The number of hydrogen-bond acceptors (Lipinski definition) is 2. The van der Waals surface area contributed by atoms with E-state index in [1.807, 2.05) is 0 Å². The molecule has 21 heavy (non-hydrogen) atoms. The lowest BCUT2D eigenvalue weighted by molar-refractivity contribution is 0.0888.